The molecule has 3 heterocycles. The molecule has 7 heteroatoms. The van der Waals surface area contributed by atoms with Gasteiger partial charge in [0.05, 0.1) is 30.5 Å². The van der Waals surface area contributed by atoms with Gasteiger partial charge in [0.2, 0.25) is 0 Å². The molecule has 1 aliphatic rings. The van der Waals surface area contributed by atoms with E-state index in [-0.39, 0.29) is 5.91 Å². The van der Waals surface area contributed by atoms with Gasteiger partial charge in [0.1, 0.15) is 12.0 Å². The highest BCUT2D eigenvalue weighted by Crippen LogP contribution is 2.31. The Bertz CT molecular complexity index is 1300. The minimum atomic E-state index is 0.0211. The molecule has 0 aliphatic carbocycles. The molecule has 1 N–H and O–H groups in total. The zero-order valence-corrected chi connectivity index (χ0v) is 16.7. The fraction of sp³-hybridized carbons (Fsp3) is 0.167. The second-order valence-electron chi connectivity index (χ2n) is 7.31. The molecule has 0 radical (unpaired) electrons. The maximum Gasteiger partial charge on any atom is 0.254 e. The van der Waals surface area contributed by atoms with E-state index in [0.29, 0.717) is 48.8 Å². The van der Waals surface area contributed by atoms with E-state index >= 15 is 0 Å². The molecule has 0 saturated carbocycles. The molecule has 31 heavy (non-hydrogen) atoms. The van der Waals surface area contributed by atoms with Gasteiger partial charge in [-0.25, -0.2) is 9.97 Å². The van der Waals surface area contributed by atoms with Gasteiger partial charge in [0.15, 0.2) is 0 Å². The third-order valence-corrected chi connectivity index (χ3v) is 5.47. The number of aromatic nitrogens is 3. The van der Waals surface area contributed by atoms with Crippen molar-refractivity contribution in [1.29, 1.82) is 5.26 Å². The van der Waals surface area contributed by atoms with E-state index in [1.54, 1.807) is 6.07 Å². The largest absolute Gasteiger partial charge is 0.378 e. The minimum Gasteiger partial charge on any atom is -0.378 e. The molecule has 7 nitrogen and oxygen atoms in total. The molecule has 1 aliphatic heterocycles. The van der Waals surface area contributed by atoms with Crippen LogP contribution in [-0.2, 0) is 4.74 Å². The lowest BCUT2D eigenvalue weighted by Gasteiger charge is -2.26. The highest BCUT2D eigenvalue weighted by Gasteiger charge is 2.19. The van der Waals surface area contributed by atoms with Crippen molar-refractivity contribution in [2.24, 2.45) is 0 Å². The molecule has 0 spiro atoms. The van der Waals surface area contributed by atoms with Crippen LogP contribution in [0.1, 0.15) is 15.9 Å². The van der Waals surface area contributed by atoms with Crippen LogP contribution < -0.4 is 0 Å². The Hall–Kier alpha value is -4.02. The minimum absolute atomic E-state index is 0.0211. The number of amides is 1. The first-order valence-electron chi connectivity index (χ1n) is 10.1. The Labute approximate surface area is 178 Å². The van der Waals surface area contributed by atoms with Crippen LogP contribution in [0, 0.1) is 11.3 Å². The Morgan fingerprint density at radius 2 is 1.84 bits per heavy atom. The SMILES string of the molecule is N#Cc1ccccc1-c1ncnc2[nH]c(-c3ccc(C(=O)N4CCOCC4)cc3)cc12. The van der Waals surface area contributed by atoms with Crippen LogP contribution in [-0.4, -0.2) is 52.1 Å². The van der Waals surface area contributed by atoms with Crippen LogP contribution >= 0.6 is 0 Å². The molecular weight excluding hydrogens is 390 g/mol. The summed E-state index contributed by atoms with van der Waals surface area (Å²) in [4.78, 5) is 26.6. The molecule has 0 unspecified atom stereocenters. The number of rotatable bonds is 3. The topological polar surface area (TPSA) is 94.9 Å². The summed E-state index contributed by atoms with van der Waals surface area (Å²) >= 11 is 0. The fourth-order valence-corrected chi connectivity index (χ4v) is 3.84. The van der Waals surface area contributed by atoms with Crippen molar-refractivity contribution >= 4 is 16.9 Å². The predicted molar refractivity (Wildman–Crippen MR) is 116 cm³/mol. The molecule has 2 aromatic heterocycles. The van der Waals surface area contributed by atoms with Crippen LogP contribution in [0.2, 0.25) is 0 Å². The van der Waals surface area contributed by atoms with Gasteiger partial charge >= 0.3 is 0 Å². The number of morpholine rings is 1. The summed E-state index contributed by atoms with van der Waals surface area (Å²) in [6, 6.07) is 19.1. The van der Waals surface area contributed by atoms with Crippen LogP contribution in [0.15, 0.2) is 60.9 Å². The highest BCUT2D eigenvalue weighted by atomic mass is 16.5. The zero-order chi connectivity index (χ0) is 21.2. The molecule has 152 valence electrons. The van der Waals surface area contributed by atoms with E-state index in [1.165, 1.54) is 6.33 Å². The third-order valence-electron chi connectivity index (χ3n) is 5.47. The Morgan fingerprint density at radius 3 is 2.61 bits per heavy atom. The van der Waals surface area contributed by atoms with Gasteiger partial charge in [-0.2, -0.15) is 5.26 Å². The molecule has 1 amide bonds. The van der Waals surface area contributed by atoms with Gasteiger partial charge in [-0.3, -0.25) is 4.79 Å². The first kappa shape index (κ1) is 19.0. The Morgan fingerprint density at radius 1 is 1.06 bits per heavy atom. The summed E-state index contributed by atoms with van der Waals surface area (Å²) < 4.78 is 5.32. The van der Waals surface area contributed by atoms with Gasteiger partial charge < -0.3 is 14.6 Å². The van der Waals surface area contributed by atoms with Gasteiger partial charge in [-0.05, 0) is 29.8 Å². The monoisotopic (exact) mass is 409 g/mol. The number of aromatic amines is 1. The number of fused-ring (bicyclic) bond motifs is 1. The van der Waals surface area contributed by atoms with Crippen molar-refractivity contribution in [2.75, 3.05) is 26.3 Å². The average molecular weight is 409 g/mol. The number of nitrogens with one attached hydrogen (secondary N) is 1. The third kappa shape index (κ3) is 3.54. The number of nitriles is 1. The van der Waals surface area contributed by atoms with Gasteiger partial charge in [0.25, 0.3) is 5.91 Å². The van der Waals surface area contributed by atoms with Gasteiger partial charge in [-0.1, -0.05) is 30.3 Å². The van der Waals surface area contributed by atoms with Crippen molar-refractivity contribution in [2.45, 2.75) is 0 Å². The number of benzene rings is 2. The number of nitrogens with zero attached hydrogens (tertiary/aromatic N) is 4. The van der Waals surface area contributed by atoms with E-state index in [9.17, 15) is 10.1 Å². The van der Waals surface area contributed by atoms with Crippen LogP contribution in [0.4, 0.5) is 0 Å². The Balaban J connectivity index is 1.49. The highest BCUT2D eigenvalue weighted by molar-refractivity contribution is 5.96. The normalized spacial score (nSPS) is 13.8. The molecule has 0 bridgehead atoms. The summed E-state index contributed by atoms with van der Waals surface area (Å²) in [7, 11) is 0. The molecule has 2 aromatic carbocycles. The number of carbonyl (C=O) groups is 1. The molecule has 1 saturated heterocycles. The van der Waals surface area contributed by atoms with Crippen LogP contribution in [0.5, 0.6) is 0 Å². The predicted octanol–water partition coefficient (Wildman–Crippen LogP) is 3.64. The first-order chi connectivity index (χ1) is 15.2. The van der Waals surface area contributed by atoms with E-state index in [1.807, 2.05) is 53.4 Å². The lowest BCUT2D eigenvalue weighted by Crippen LogP contribution is -2.40. The number of carbonyl (C=O) groups excluding carboxylic acids is 1. The lowest BCUT2D eigenvalue weighted by atomic mass is 10.0. The lowest BCUT2D eigenvalue weighted by molar-refractivity contribution is 0.0303. The van der Waals surface area contributed by atoms with Gasteiger partial charge in [0, 0.05) is 35.3 Å². The number of hydrogen-bond acceptors (Lipinski definition) is 5. The second kappa shape index (κ2) is 8.01. The molecule has 4 aromatic rings. The van der Waals surface area contributed by atoms with Crippen molar-refractivity contribution in [3.8, 4) is 28.6 Å². The molecule has 0 atom stereocenters. The van der Waals surface area contributed by atoms with Crippen LogP contribution in [0.25, 0.3) is 33.5 Å². The molecular formula is C24H19N5O2. The van der Waals surface area contributed by atoms with E-state index < -0.39 is 0 Å². The van der Waals surface area contributed by atoms with Crippen molar-refractivity contribution in [3.05, 3.63) is 72.1 Å². The maximum absolute atomic E-state index is 12.7. The van der Waals surface area contributed by atoms with Crippen molar-refractivity contribution in [1.82, 2.24) is 19.9 Å². The van der Waals surface area contributed by atoms with Gasteiger partial charge in [-0.15, -0.1) is 0 Å². The summed E-state index contributed by atoms with van der Waals surface area (Å²) in [5.41, 5.74) is 5.22. The molecule has 1 fully saturated rings. The van der Waals surface area contributed by atoms with E-state index in [0.717, 1.165) is 22.2 Å². The number of H-pyrrole nitrogens is 1. The average Bonchev–Trinajstić information content (AvgIpc) is 3.29. The quantitative estimate of drug-likeness (QED) is 0.557. The summed E-state index contributed by atoms with van der Waals surface area (Å²) in [5, 5.41) is 10.3. The molecule has 5 rings (SSSR count). The Kier molecular flexibility index (Phi) is 4.90. The number of ether oxygens (including phenoxy) is 1. The smallest absolute Gasteiger partial charge is 0.254 e. The van der Waals surface area contributed by atoms with Crippen molar-refractivity contribution < 1.29 is 9.53 Å². The zero-order valence-electron chi connectivity index (χ0n) is 16.7. The standard InChI is InChI=1S/C24H19N5O2/c25-14-18-3-1-2-4-19(18)22-20-13-21(28-23(20)27-15-26-22)16-5-7-17(8-6-16)24(30)29-9-11-31-12-10-29/h1-8,13,15H,9-12H2,(H,26,27,28). The van der Waals surface area contributed by atoms with E-state index in [4.69, 9.17) is 4.74 Å². The van der Waals surface area contributed by atoms with Crippen LogP contribution in [0.3, 0.4) is 0 Å². The maximum atomic E-state index is 12.7. The second-order valence-corrected chi connectivity index (χ2v) is 7.31. The fourth-order valence-electron chi connectivity index (χ4n) is 3.84. The summed E-state index contributed by atoms with van der Waals surface area (Å²) in [6.07, 6.45) is 1.50. The summed E-state index contributed by atoms with van der Waals surface area (Å²) in [5.74, 6) is 0.0211. The van der Waals surface area contributed by atoms with Crippen molar-refractivity contribution in [3.63, 3.8) is 0 Å². The summed E-state index contributed by atoms with van der Waals surface area (Å²) in [6.45, 7) is 2.40. The first-order valence-corrected chi connectivity index (χ1v) is 10.1. The van der Waals surface area contributed by atoms with E-state index in [2.05, 4.69) is 21.0 Å². The number of hydrogen-bond donors (Lipinski definition) is 1.